The summed E-state index contributed by atoms with van der Waals surface area (Å²) < 4.78 is 46.9. The van der Waals surface area contributed by atoms with Gasteiger partial charge in [0.1, 0.15) is 18.0 Å². The lowest BCUT2D eigenvalue weighted by Crippen LogP contribution is -2.50. The summed E-state index contributed by atoms with van der Waals surface area (Å²) in [5, 5.41) is 15.2. The van der Waals surface area contributed by atoms with Gasteiger partial charge in [0.15, 0.2) is 0 Å². The summed E-state index contributed by atoms with van der Waals surface area (Å²) in [6, 6.07) is 21.2. The Bertz CT molecular complexity index is 2080. The van der Waals surface area contributed by atoms with E-state index >= 15 is 4.39 Å². The van der Waals surface area contributed by atoms with Gasteiger partial charge in [-0.25, -0.2) is 18.3 Å². The van der Waals surface area contributed by atoms with Crippen LogP contribution < -0.4 is 15.5 Å². The van der Waals surface area contributed by atoms with Crippen molar-refractivity contribution in [3.8, 4) is 0 Å². The normalized spacial score (nSPS) is 28.5. The summed E-state index contributed by atoms with van der Waals surface area (Å²) in [6.45, 7) is 8.22. The Morgan fingerprint density at radius 1 is 0.877 bits per heavy atom. The van der Waals surface area contributed by atoms with E-state index in [-0.39, 0.29) is 11.6 Å². The Labute approximate surface area is 334 Å². The van der Waals surface area contributed by atoms with Gasteiger partial charge in [-0.2, -0.15) is 5.10 Å². The van der Waals surface area contributed by atoms with Crippen LogP contribution in [-0.2, 0) is 26.2 Å². The Morgan fingerprint density at radius 2 is 1.51 bits per heavy atom. The summed E-state index contributed by atoms with van der Waals surface area (Å²) >= 11 is 0. The van der Waals surface area contributed by atoms with Gasteiger partial charge >= 0.3 is 5.69 Å². The highest BCUT2D eigenvalue weighted by atomic mass is 19.1. The van der Waals surface area contributed by atoms with E-state index in [0.717, 1.165) is 62.6 Å². The zero-order valence-electron chi connectivity index (χ0n) is 33.4. The van der Waals surface area contributed by atoms with Gasteiger partial charge < -0.3 is 24.4 Å². The Hall–Kier alpha value is -4.06. The van der Waals surface area contributed by atoms with E-state index in [2.05, 4.69) is 63.4 Å². The fraction of sp³-hybridized carbons (Fsp3) is 0.565. The van der Waals surface area contributed by atoms with Crippen LogP contribution in [0.25, 0.3) is 0 Å². The van der Waals surface area contributed by atoms with Gasteiger partial charge in [0, 0.05) is 55.1 Å². The van der Waals surface area contributed by atoms with Crippen LogP contribution in [0.4, 0.5) is 20.2 Å². The van der Waals surface area contributed by atoms with Crippen molar-refractivity contribution in [1.29, 1.82) is 0 Å². The van der Waals surface area contributed by atoms with Crippen molar-refractivity contribution in [2.24, 2.45) is 11.8 Å². The SMILES string of the molecule is CC[C@@H]([C@H](C)O)n1ncn(C23CCC(OC[C@@H]4CO[C@@](CC5CCCC5)(c5ccc(F)cc5F)C4)(CC2)c2ccc(cc2)N2CCN(CC2)c2ccc3cc2)c1=O. The summed E-state index contributed by atoms with van der Waals surface area (Å²) in [5.74, 6) is -0.651. The molecule has 4 atom stereocenters. The average molecular weight is 782 g/mol. The zero-order chi connectivity index (χ0) is 39.4. The predicted molar refractivity (Wildman–Crippen MR) is 217 cm³/mol. The molecule has 1 N–H and O–H groups in total. The molecule has 9 nitrogen and oxygen atoms in total. The lowest BCUT2D eigenvalue weighted by atomic mass is 9.68. The molecule has 0 unspecified atom stereocenters. The minimum absolute atomic E-state index is 0.0210. The first-order chi connectivity index (χ1) is 27.6. The van der Waals surface area contributed by atoms with Gasteiger partial charge in [-0.05, 0) is 99.2 Å². The third-order valence-electron chi connectivity index (χ3n) is 14.5. The van der Waals surface area contributed by atoms with Crippen LogP contribution in [0, 0.1) is 23.5 Å². The molecule has 15 rings (SSSR count). The van der Waals surface area contributed by atoms with Crippen LogP contribution in [0.15, 0.2) is 77.9 Å². The first kappa shape index (κ1) is 38.5. The number of aliphatic hydroxyl groups excluding tert-OH is 1. The topological polar surface area (TPSA) is 85.0 Å². The maximum absolute atomic E-state index is 15.6. The lowest BCUT2D eigenvalue weighted by molar-refractivity contribution is -0.103. The van der Waals surface area contributed by atoms with Gasteiger partial charge in [0.25, 0.3) is 0 Å². The number of rotatable bonds is 10. The molecule has 8 bridgehead atoms. The van der Waals surface area contributed by atoms with Crippen LogP contribution in [0.3, 0.4) is 0 Å². The van der Waals surface area contributed by atoms with Gasteiger partial charge in [-0.1, -0.05) is 62.9 Å². The standard InChI is InChI=1S/C46H57F2N5O4/c1-3-42(32(2)54)53-43(55)52(31-49-53)44-18-20-45(21-19-44,36-10-15-39(16-11-36)51-24-22-50(23-25-51)38-13-8-35(44)9-14-38)56-29-34-28-46(57-30-34,27-33-6-4-5-7-33)40-17-12-37(47)26-41(40)48/h8-17,26,31-34,42,54H,3-7,18-25,27-30H2,1-2H3/t32-,34+,42-,44?,45?,46+/m0/s1. The smallest absolute Gasteiger partial charge is 0.346 e. The van der Waals surface area contributed by atoms with Crippen molar-refractivity contribution in [1.82, 2.24) is 14.3 Å². The number of benzene rings is 3. The maximum atomic E-state index is 15.6. The van der Waals surface area contributed by atoms with Crippen LogP contribution in [0.1, 0.15) is 107 Å². The van der Waals surface area contributed by atoms with Crippen molar-refractivity contribution in [2.45, 2.75) is 113 Å². The molecule has 0 radical (unpaired) electrons. The second-order valence-corrected chi connectivity index (χ2v) is 17.7. The quantitative estimate of drug-likeness (QED) is 0.175. The minimum atomic E-state index is -0.817. The molecule has 11 heteroatoms. The fourth-order valence-corrected chi connectivity index (χ4v) is 11.2. The molecule has 4 aromatic rings. The molecule has 4 fully saturated rings. The van der Waals surface area contributed by atoms with Gasteiger partial charge in [0.05, 0.1) is 42.1 Å². The molecule has 9 aliphatic heterocycles. The van der Waals surface area contributed by atoms with Crippen LogP contribution in [-0.4, -0.2) is 65.0 Å². The third kappa shape index (κ3) is 6.91. The van der Waals surface area contributed by atoms with E-state index in [1.807, 2.05) is 11.5 Å². The molecule has 1 aromatic heterocycles. The van der Waals surface area contributed by atoms with Crippen molar-refractivity contribution in [3.63, 3.8) is 0 Å². The van der Waals surface area contributed by atoms with Crippen LogP contribution in [0.5, 0.6) is 0 Å². The lowest BCUT2D eigenvalue weighted by Gasteiger charge is -2.48. The van der Waals surface area contributed by atoms with E-state index in [9.17, 15) is 14.3 Å². The van der Waals surface area contributed by atoms with Crippen LogP contribution in [0.2, 0.25) is 0 Å². The molecule has 10 heterocycles. The Balaban J connectivity index is 1.07. The zero-order valence-corrected chi connectivity index (χ0v) is 33.4. The van der Waals surface area contributed by atoms with Gasteiger partial charge in [-0.3, -0.25) is 4.57 Å². The summed E-state index contributed by atoms with van der Waals surface area (Å²) in [6.07, 6.45) is 10.0. The predicted octanol–water partition coefficient (Wildman–Crippen LogP) is 8.04. The molecule has 11 aliphatic rings. The fourth-order valence-electron chi connectivity index (χ4n) is 11.2. The summed E-state index contributed by atoms with van der Waals surface area (Å²) in [4.78, 5) is 19.3. The molecule has 2 saturated carbocycles. The number of aliphatic hydroxyl groups is 1. The van der Waals surface area contributed by atoms with E-state index in [0.29, 0.717) is 63.2 Å². The molecular weight excluding hydrogens is 725 g/mol. The monoisotopic (exact) mass is 781 g/mol. The molecule has 2 aliphatic carbocycles. The van der Waals surface area contributed by atoms with E-state index in [1.54, 1.807) is 19.3 Å². The van der Waals surface area contributed by atoms with Crippen molar-refractivity contribution < 1.29 is 23.4 Å². The number of ether oxygens (including phenoxy) is 2. The van der Waals surface area contributed by atoms with Gasteiger partial charge in [-0.15, -0.1) is 0 Å². The maximum Gasteiger partial charge on any atom is 0.346 e. The highest BCUT2D eigenvalue weighted by Gasteiger charge is 2.50. The Kier molecular flexibility index (Phi) is 10.3. The van der Waals surface area contributed by atoms with Crippen molar-refractivity contribution >= 4 is 11.4 Å². The molecule has 57 heavy (non-hydrogen) atoms. The van der Waals surface area contributed by atoms with Crippen LogP contribution >= 0.6 is 0 Å². The second-order valence-electron chi connectivity index (χ2n) is 17.7. The Morgan fingerprint density at radius 3 is 2.11 bits per heavy atom. The number of aromatic nitrogens is 3. The molecule has 304 valence electrons. The van der Waals surface area contributed by atoms with Crippen molar-refractivity contribution in [2.75, 3.05) is 49.2 Å². The highest BCUT2D eigenvalue weighted by Crippen LogP contribution is 2.52. The number of halogens is 2. The summed E-state index contributed by atoms with van der Waals surface area (Å²) in [5.41, 5.74) is 2.66. The largest absolute Gasteiger partial charge is 0.391 e. The molecule has 0 spiro atoms. The number of hydrogen-bond acceptors (Lipinski definition) is 7. The number of piperazine rings is 1. The van der Waals surface area contributed by atoms with Crippen molar-refractivity contribution in [3.05, 3.63) is 112 Å². The van der Waals surface area contributed by atoms with E-state index < -0.39 is 40.5 Å². The van der Waals surface area contributed by atoms with Gasteiger partial charge in [0.2, 0.25) is 0 Å². The van der Waals surface area contributed by atoms with E-state index in [1.165, 1.54) is 35.0 Å². The minimum Gasteiger partial charge on any atom is -0.391 e. The number of hydrogen-bond donors (Lipinski definition) is 1. The highest BCUT2D eigenvalue weighted by molar-refractivity contribution is 5.54. The average Bonchev–Trinajstić information content (AvgIpc) is 3.99. The molecular formula is C46H57F2N5O4. The molecule has 3 aromatic carbocycles. The first-order valence-electron chi connectivity index (χ1n) is 21.4. The number of anilines is 2. The number of nitrogens with zero attached hydrogens (tertiary/aromatic N) is 5. The first-order valence-corrected chi connectivity index (χ1v) is 21.4. The third-order valence-corrected chi connectivity index (χ3v) is 14.5. The second kappa shape index (κ2) is 15.3. The molecule has 2 saturated heterocycles. The van der Waals surface area contributed by atoms with E-state index in [4.69, 9.17) is 9.47 Å². The molecule has 0 amide bonds. The summed E-state index contributed by atoms with van der Waals surface area (Å²) in [7, 11) is 0.